The van der Waals surface area contributed by atoms with Crippen LogP contribution < -0.4 is 10.6 Å². The van der Waals surface area contributed by atoms with Crippen LogP contribution in [-0.4, -0.2) is 44.0 Å². The van der Waals surface area contributed by atoms with Crippen molar-refractivity contribution in [1.29, 1.82) is 0 Å². The molecule has 0 aromatic heterocycles. The lowest BCUT2D eigenvalue weighted by atomic mass is 9.67. The van der Waals surface area contributed by atoms with Gasteiger partial charge >= 0.3 is 0 Å². The van der Waals surface area contributed by atoms with Crippen molar-refractivity contribution in [3.05, 3.63) is 35.9 Å². The van der Waals surface area contributed by atoms with Crippen LogP contribution in [-0.2, 0) is 4.79 Å². The highest BCUT2D eigenvalue weighted by molar-refractivity contribution is 14.0. The molecular formula is C20H33IN4O. The Morgan fingerprint density at radius 3 is 2.42 bits per heavy atom. The van der Waals surface area contributed by atoms with Gasteiger partial charge in [0.2, 0.25) is 5.91 Å². The number of benzene rings is 1. The number of likely N-dealkylation sites (N-methyl/N-ethyl adjacent to an activating group) is 1. The number of nitrogens with one attached hydrogen (secondary N) is 2. The van der Waals surface area contributed by atoms with Gasteiger partial charge in [-0.3, -0.25) is 4.79 Å². The van der Waals surface area contributed by atoms with Gasteiger partial charge in [-0.2, -0.15) is 0 Å². The van der Waals surface area contributed by atoms with Gasteiger partial charge in [-0.1, -0.05) is 43.7 Å². The number of halogens is 1. The molecule has 1 amide bonds. The lowest BCUT2D eigenvalue weighted by Crippen LogP contribution is -2.47. The summed E-state index contributed by atoms with van der Waals surface area (Å²) in [5.74, 6) is 0.716. The van der Waals surface area contributed by atoms with Crippen LogP contribution in [0.5, 0.6) is 0 Å². The summed E-state index contributed by atoms with van der Waals surface area (Å²) in [7, 11) is 3.51. The summed E-state index contributed by atoms with van der Waals surface area (Å²) in [4.78, 5) is 18.0. The molecule has 1 aromatic rings. The lowest BCUT2D eigenvalue weighted by molar-refractivity contribution is -0.127. The number of aliphatic imine (C=N–C) groups is 1. The highest BCUT2D eigenvalue weighted by Gasteiger charge is 2.35. The largest absolute Gasteiger partial charge is 0.356 e. The second-order valence-corrected chi connectivity index (χ2v) is 7.29. The molecule has 1 atom stereocenters. The Labute approximate surface area is 175 Å². The Kier molecular flexibility index (Phi) is 9.39. The number of amides is 1. The third-order valence-electron chi connectivity index (χ3n) is 5.32. The standard InChI is InChI=1S/C20H32N4O.HI/c1-5-20(12-9-13-20)15-22-19(21-14-18(25)24(3)4)23-16(2)17-10-7-6-8-11-17;/h6-8,10-11,16H,5,9,12-15H2,1-4H3,(H2,21,22,23);1H. The molecule has 0 spiro atoms. The van der Waals surface area contributed by atoms with E-state index in [-0.39, 0.29) is 42.5 Å². The Balaban J connectivity index is 0.00000338. The highest BCUT2D eigenvalue weighted by atomic mass is 127. The molecule has 2 N–H and O–H groups in total. The summed E-state index contributed by atoms with van der Waals surface area (Å²) in [5, 5.41) is 6.92. The zero-order valence-electron chi connectivity index (χ0n) is 16.4. The first kappa shape index (κ1) is 22.7. The fourth-order valence-corrected chi connectivity index (χ4v) is 3.07. The Morgan fingerprint density at radius 1 is 1.27 bits per heavy atom. The van der Waals surface area contributed by atoms with E-state index in [0.717, 1.165) is 6.54 Å². The second kappa shape index (κ2) is 10.7. The predicted molar refractivity (Wildman–Crippen MR) is 119 cm³/mol. The lowest BCUT2D eigenvalue weighted by Gasteiger charge is -2.41. The zero-order valence-corrected chi connectivity index (χ0v) is 18.7. The van der Waals surface area contributed by atoms with E-state index in [1.165, 1.54) is 31.2 Å². The summed E-state index contributed by atoms with van der Waals surface area (Å²) >= 11 is 0. The first-order chi connectivity index (χ1) is 12.0. The van der Waals surface area contributed by atoms with Crippen LogP contribution in [0.15, 0.2) is 35.3 Å². The van der Waals surface area contributed by atoms with E-state index in [4.69, 9.17) is 0 Å². The Morgan fingerprint density at radius 2 is 1.92 bits per heavy atom. The third-order valence-corrected chi connectivity index (χ3v) is 5.32. The van der Waals surface area contributed by atoms with Crippen molar-refractivity contribution in [3.63, 3.8) is 0 Å². The monoisotopic (exact) mass is 472 g/mol. The van der Waals surface area contributed by atoms with Gasteiger partial charge in [-0.15, -0.1) is 24.0 Å². The minimum absolute atomic E-state index is 0. The molecule has 0 heterocycles. The van der Waals surface area contributed by atoms with Gasteiger partial charge in [0.1, 0.15) is 6.54 Å². The van der Waals surface area contributed by atoms with Gasteiger partial charge in [-0.25, -0.2) is 4.99 Å². The average molecular weight is 472 g/mol. The Bertz CT molecular complexity index is 579. The fraction of sp³-hybridized carbons (Fsp3) is 0.600. The van der Waals surface area contributed by atoms with Crippen LogP contribution in [0.1, 0.15) is 51.1 Å². The molecular weight excluding hydrogens is 439 g/mol. The van der Waals surface area contributed by atoms with Crippen molar-refractivity contribution in [3.8, 4) is 0 Å². The van der Waals surface area contributed by atoms with Gasteiger partial charge in [0.05, 0.1) is 6.04 Å². The van der Waals surface area contributed by atoms with E-state index in [0.29, 0.717) is 11.4 Å². The van der Waals surface area contributed by atoms with E-state index in [1.807, 2.05) is 18.2 Å². The molecule has 1 unspecified atom stereocenters. The summed E-state index contributed by atoms with van der Waals surface area (Å²) in [6, 6.07) is 10.4. The van der Waals surface area contributed by atoms with Crippen LogP contribution in [0.4, 0.5) is 0 Å². The molecule has 0 aliphatic heterocycles. The molecule has 5 nitrogen and oxygen atoms in total. The minimum Gasteiger partial charge on any atom is -0.356 e. The quantitative estimate of drug-likeness (QED) is 0.363. The molecule has 26 heavy (non-hydrogen) atoms. The van der Waals surface area contributed by atoms with E-state index in [1.54, 1.807) is 19.0 Å². The number of rotatable bonds is 7. The molecule has 1 aliphatic rings. The molecule has 146 valence electrons. The average Bonchev–Trinajstić information content (AvgIpc) is 2.59. The third kappa shape index (κ3) is 6.45. The fourth-order valence-electron chi connectivity index (χ4n) is 3.07. The number of nitrogens with zero attached hydrogens (tertiary/aromatic N) is 2. The molecule has 0 saturated heterocycles. The molecule has 2 rings (SSSR count). The van der Waals surface area contributed by atoms with E-state index in [9.17, 15) is 4.79 Å². The van der Waals surface area contributed by atoms with Crippen molar-refractivity contribution < 1.29 is 4.79 Å². The molecule has 1 fully saturated rings. The number of hydrogen-bond donors (Lipinski definition) is 2. The second-order valence-electron chi connectivity index (χ2n) is 7.29. The van der Waals surface area contributed by atoms with Crippen LogP contribution in [0.25, 0.3) is 0 Å². The number of hydrogen-bond acceptors (Lipinski definition) is 2. The minimum atomic E-state index is 0. The Hall–Kier alpha value is -1.31. The number of guanidine groups is 1. The number of carbonyl (C=O) groups is 1. The van der Waals surface area contributed by atoms with E-state index in [2.05, 4.69) is 41.6 Å². The SMILES string of the molecule is CCC1(CNC(=NCC(=O)N(C)C)NC(C)c2ccccc2)CCC1.I. The smallest absolute Gasteiger partial charge is 0.243 e. The maximum atomic E-state index is 11.9. The maximum Gasteiger partial charge on any atom is 0.243 e. The van der Waals surface area contributed by atoms with Crippen LogP contribution in [0.3, 0.4) is 0 Å². The highest BCUT2D eigenvalue weighted by Crippen LogP contribution is 2.43. The summed E-state index contributed by atoms with van der Waals surface area (Å²) in [6.45, 7) is 5.43. The molecule has 1 aromatic carbocycles. The zero-order chi connectivity index (χ0) is 18.3. The summed E-state index contributed by atoms with van der Waals surface area (Å²) in [5.41, 5.74) is 1.59. The van der Waals surface area contributed by atoms with Crippen LogP contribution >= 0.6 is 24.0 Å². The van der Waals surface area contributed by atoms with Crippen molar-refractivity contribution >= 4 is 35.8 Å². The maximum absolute atomic E-state index is 11.9. The van der Waals surface area contributed by atoms with E-state index < -0.39 is 0 Å². The predicted octanol–water partition coefficient (Wildman–Crippen LogP) is 3.57. The normalized spacial score (nSPS) is 16.7. The van der Waals surface area contributed by atoms with Gasteiger partial charge in [0.15, 0.2) is 5.96 Å². The van der Waals surface area contributed by atoms with Crippen LogP contribution in [0, 0.1) is 5.41 Å². The molecule has 0 radical (unpaired) electrons. The topological polar surface area (TPSA) is 56.7 Å². The summed E-state index contributed by atoms with van der Waals surface area (Å²) in [6.07, 6.45) is 5.04. The molecule has 0 bridgehead atoms. The molecule has 1 saturated carbocycles. The van der Waals surface area contributed by atoms with Gasteiger partial charge in [-0.05, 0) is 37.2 Å². The van der Waals surface area contributed by atoms with Gasteiger partial charge < -0.3 is 15.5 Å². The van der Waals surface area contributed by atoms with Crippen molar-refractivity contribution in [2.45, 2.75) is 45.6 Å². The van der Waals surface area contributed by atoms with E-state index >= 15 is 0 Å². The van der Waals surface area contributed by atoms with Crippen molar-refractivity contribution in [2.75, 3.05) is 27.2 Å². The van der Waals surface area contributed by atoms with Gasteiger partial charge in [0, 0.05) is 20.6 Å². The van der Waals surface area contributed by atoms with Gasteiger partial charge in [0.25, 0.3) is 0 Å². The van der Waals surface area contributed by atoms with Crippen molar-refractivity contribution in [1.82, 2.24) is 15.5 Å². The first-order valence-corrected chi connectivity index (χ1v) is 9.26. The van der Waals surface area contributed by atoms with Crippen LogP contribution in [0.2, 0.25) is 0 Å². The molecule has 1 aliphatic carbocycles. The molecule has 6 heteroatoms. The first-order valence-electron chi connectivity index (χ1n) is 9.26. The summed E-state index contributed by atoms with van der Waals surface area (Å²) < 4.78 is 0. The van der Waals surface area contributed by atoms with Crippen molar-refractivity contribution in [2.24, 2.45) is 10.4 Å². The number of carbonyl (C=O) groups excluding carboxylic acids is 1.